The molecule has 1 aromatic carbocycles. The summed E-state index contributed by atoms with van der Waals surface area (Å²) < 4.78 is 5.73. The number of rotatable bonds is 7. The second-order valence-electron chi connectivity index (χ2n) is 6.06. The van der Waals surface area contributed by atoms with E-state index in [1.54, 1.807) is 11.8 Å². The Hall–Kier alpha value is -1.69. The van der Waals surface area contributed by atoms with E-state index in [0.29, 0.717) is 25.3 Å². The summed E-state index contributed by atoms with van der Waals surface area (Å²) in [6.07, 6.45) is 2.45. The minimum atomic E-state index is 0.00882. The highest BCUT2D eigenvalue weighted by Crippen LogP contribution is 2.42. The normalized spacial score (nSPS) is 21.0. The van der Waals surface area contributed by atoms with Crippen LogP contribution >= 0.6 is 11.8 Å². The summed E-state index contributed by atoms with van der Waals surface area (Å²) in [6, 6.07) is 7.95. The first kappa shape index (κ1) is 17.1. The topological polar surface area (TPSA) is 49.9 Å². The van der Waals surface area contributed by atoms with Crippen LogP contribution in [0.5, 0.6) is 5.75 Å². The van der Waals surface area contributed by atoms with Crippen LogP contribution in [0, 0.1) is 0 Å². The zero-order valence-corrected chi connectivity index (χ0v) is 14.9. The van der Waals surface area contributed by atoms with Gasteiger partial charge in [-0.1, -0.05) is 18.2 Å². The predicted molar refractivity (Wildman–Crippen MR) is 95.0 cm³/mol. The average Bonchev–Trinajstić information content (AvgIpc) is 3.15. The first-order valence-electron chi connectivity index (χ1n) is 8.61. The van der Waals surface area contributed by atoms with Crippen LogP contribution < -0.4 is 4.74 Å². The molecule has 2 aliphatic rings. The summed E-state index contributed by atoms with van der Waals surface area (Å²) in [6.45, 7) is 4.86. The molecule has 3 rings (SSSR count). The molecule has 2 amide bonds. The SMILES string of the molecule is CCOc1ccccc1C1SCC(=O)N1CCCN1CCCC1=O. The summed E-state index contributed by atoms with van der Waals surface area (Å²) in [5.41, 5.74) is 1.06. The maximum atomic E-state index is 12.3. The Morgan fingerprint density at radius 2 is 2.04 bits per heavy atom. The molecule has 0 spiro atoms. The predicted octanol–water partition coefficient (Wildman–Crippen LogP) is 2.67. The van der Waals surface area contributed by atoms with Crippen LogP contribution in [0.25, 0.3) is 0 Å². The third-order valence-electron chi connectivity index (χ3n) is 4.45. The lowest BCUT2D eigenvalue weighted by Gasteiger charge is -2.26. The van der Waals surface area contributed by atoms with E-state index >= 15 is 0 Å². The van der Waals surface area contributed by atoms with Gasteiger partial charge in [0.2, 0.25) is 11.8 Å². The van der Waals surface area contributed by atoms with Crippen LogP contribution in [0.15, 0.2) is 24.3 Å². The first-order valence-corrected chi connectivity index (χ1v) is 9.66. The summed E-state index contributed by atoms with van der Waals surface area (Å²) in [5, 5.41) is 0.00882. The maximum absolute atomic E-state index is 12.3. The van der Waals surface area contributed by atoms with E-state index in [-0.39, 0.29) is 17.2 Å². The van der Waals surface area contributed by atoms with Crippen molar-refractivity contribution in [3.05, 3.63) is 29.8 Å². The molecule has 2 heterocycles. The Balaban J connectivity index is 1.65. The number of likely N-dealkylation sites (tertiary alicyclic amines) is 1. The van der Waals surface area contributed by atoms with Gasteiger partial charge in [-0.3, -0.25) is 9.59 Å². The van der Waals surface area contributed by atoms with Crippen molar-refractivity contribution in [3.8, 4) is 5.75 Å². The van der Waals surface area contributed by atoms with E-state index in [4.69, 9.17) is 4.74 Å². The number of ether oxygens (including phenoxy) is 1. The van der Waals surface area contributed by atoms with Crippen molar-refractivity contribution >= 4 is 23.6 Å². The smallest absolute Gasteiger partial charge is 0.233 e. The van der Waals surface area contributed by atoms with Gasteiger partial charge in [0, 0.05) is 31.6 Å². The number of carbonyl (C=O) groups is 2. The fourth-order valence-electron chi connectivity index (χ4n) is 3.30. The summed E-state index contributed by atoms with van der Waals surface area (Å²) in [7, 11) is 0. The van der Waals surface area contributed by atoms with Crippen LogP contribution in [0.4, 0.5) is 0 Å². The lowest BCUT2D eigenvalue weighted by molar-refractivity contribution is -0.128. The summed E-state index contributed by atoms with van der Waals surface area (Å²) >= 11 is 1.65. The van der Waals surface area contributed by atoms with Gasteiger partial charge in [0.1, 0.15) is 11.1 Å². The highest BCUT2D eigenvalue weighted by molar-refractivity contribution is 8.00. The fraction of sp³-hybridized carbons (Fsp3) is 0.556. The van der Waals surface area contributed by atoms with Gasteiger partial charge in [-0.25, -0.2) is 0 Å². The molecule has 1 unspecified atom stereocenters. The van der Waals surface area contributed by atoms with E-state index in [0.717, 1.165) is 37.2 Å². The van der Waals surface area contributed by atoms with Gasteiger partial charge in [-0.2, -0.15) is 0 Å². The monoisotopic (exact) mass is 348 g/mol. The number of nitrogens with zero attached hydrogens (tertiary/aromatic N) is 2. The van der Waals surface area contributed by atoms with Crippen molar-refractivity contribution in [1.82, 2.24) is 9.80 Å². The van der Waals surface area contributed by atoms with Crippen molar-refractivity contribution in [2.75, 3.05) is 32.0 Å². The van der Waals surface area contributed by atoms with E-state index in [1.165, 1.54) is 0 Å². The summed E-state index contributed by atoms with van der Waals surface area (Å²) in [4.78, 5) is 27.8. The lowest BCUT2D eigenvalue weighted by atomic mass is 10.1. The van der Waals surface area contributed by atoms with E-state index in [1.807, 2.05) is 41.0 Å². The molecule has 0 radical (unpaired) electrons. The summed E-state index contributed by atoms with van der Waals surface area (Å²) in [5.74, 6) is 1.78. The molecule has 1 aromatic rings. The number of para-hydroxylation sites is 1. The number of hydrogen-bond donors (Lipinski definition) is 0. The highest BCUT2D eigenvalue weighted by Gasteiger charge is 2.34. The molecule has 5 nitrogen and oxygen atoms in total. The molecule has 0 bridgehead atoms. The second-order valence-corrected chi connectivity index (χ2v) is 7.13. The van der Waals surface area contributed by atoms with Crippen LogP contribution in [0.1, 0.15) is 37.1 Å². The fourth-order valence-corrected chi connectivity index (χ4v) is 4.54. The van der Waals surface area contributed by atoms with Crippen molar-refractivity contribution < 1.29 is 14.3 Å². The van der Waals surface area contributed by atoms with Crippen LogP contribution in [0.2, 0.25) is 0 Å². The van der Waals surface area contributed by atoms with Gasteiger partial charge >= 0.3 is 0 Å². The number of amides is 2. The van der Waals surface area contributed by atoms with E-state index in [2.05, 4.69) is 0 Å². The lowest BCUT2D eigenvalue weighted by Crippen LogP contribution is -2.33. The van der Waals surface area contributed by atoms with Crippen molar-refractivity contribution in [2.24, 2.45) is 0 Å². The van der Waals surface area contributed by atoms with Gasteiger partial charge in [0.05, 0.1) is 12.4 Å². The Kier molecular flexibility index (Phi) is 5.66. The van der Waals surface area contributed by atoms with Crippen molar-refractivity contribution in [3.63, 3.8) is 0 Å². The molecule has 24 heavy (non-hydrogen) atoms. The molecular weight excluding hydrogens is 324 g/mol. The molecule has 0 N–H and O–H groups in total. The van der Waals surface area contributed by atoms with Gasteiger partial charge in [-0.15, -0.1) is 11.8 Å². The molecule has 2 fully saturated rings. The minimum absolute atomic E-state index is 0.00882. The number of benzene rings is 1. The van der Waals surface area contributed by atoms with E-state index in [9.17, 15) is 9.59 Å². The zero-order chi connectivity index (χ0) is 16.9. The number of thioether (sulfide) groups is 1. The molecule has 130 valence electrons. The molecule has 0 aromatic heterocycles. The molecule has 0 aliphatic carbocycles. The molecule has 1 atom stereocenters. The Morgan fingerprint density at radius 1 is 1.21 bits per heavy atom. The van der Waals surface area contributed by atoms with E-state index < -0.39 is 0 Å². The zero-order valence-electron chi connectivity index (χ0n) is 14.1. The van der Waals surface area contributed by atoms with Gasteiger partial charge in [0.15, 0.2) is 0 Å². The molecule has 2 saturated heterocycles. The number of carbonyl (C=O) groups excluding carboxylic acids is 2. The molecule has 2 aliphatic heterocycles. The molecule has 6 heteroatoms. The second kappa shape index (κ2) is 7.92. The standard InChI is InChI=1S/C18H24N2O3S/c1-2-23-15-8-4-3-7-14(15)18-20(17(22)13-24-18)12-6-11-19-10-5-9-16(19)21/h3-4,7-8,18H,2,5-6,9-13H2,1H3. The van der Waals surface area contributed by atoms with Crippen LogP contribution in [0.3, 0.4) is 0 Å². The first-order chi connectivity index (χ1) is 11.7. The van der Waals surface area contributed by atoms with Gasteiger partial charge in [-0.05, 0) is 25.8 Å². The Morgan fingerprint density at radius 3 is 2.79 bits per heavy atom. The van der Waals surface area contributed by atoms with Crippen molar-refractivity contribution in [1.29, 1.82) is 0 Å². The molecule has 0 saturated carbocycles. The van der Waals surface area contributed by atoms with Crippen LogP contribution in [-0.4, -0.2) is 53.6 Å². The third-order valence-corrected chi connectivity index (χ3v) is 5.69. The van der Waals surface area contributed by atoms with Gasteiger partial charge in [0.25, 0.3) is 0 Å². The Labute approximate surface area is 147 Å². The maximum Gasteiger partial charge on any atom is 0.233 e. The quantitative estimate of drug-likeness (QED) is 0.760. The number of hydrogen-bond acceptors (Lipinski definition) is 4. The minimum Gasteiger partial charge on any atom is -0.493 e. The highest BCUT2D eigenvalue weighted by atomic mass is 32.2. The Bertz CT molecular complexity index is 608. The largest absolute Gasteiger partial charge is 0.493 e. The third kappa shape index (κ3) is 3.69. The van der Waals surface area contributed by atoms with Crippen molar-refractivity contribution in [2.45, 2.75) is 31.6 Å². The average molecular weight is 348 g/mol. The van der Waals surface area contributed by atoms with Crippen LogP contribution in [-0.2, 0) is 9.59 Å². The molecular formula is C18H24N2O3S. The van der Waals surface area contributed by atoms with Gasteiger partial charge < -0.3 is 14.5 Å².